The summed E-state index contributed by atoms with van der Waals surface area (Å²) in [4.78, 5) is 0. The third kappa shape index (κ3) is 7.58. The van der Waals surface area contributed by atoms with Crippen molar-refractivity contribution in [1.29, 1.82) is 0 Å². The lowest BCUT2D eigenvalue weighted by Crippen LogP contribution is -2.44. The van der Waals surface area contributed by atoms with Crippen LogP contribution in [0.25, 0.3) is 0 Å². The molecule has 0 amide bonds. The molecule has 0 aromatic heterocycles. The fourth-order valence-electron chi connectivity index (χ4n) is 1.24. The molecule has 116 valence electrons. The molecule has 0 aliphatic heterocycles. The highest BCUT2D eigenvalue weighted by Crippen LogP contribution is 2.35. The minimum absolute atomic E-state index is 0.218. The maximum Gasteiger partial charge on any atom is 0.423 e. The van der Waals surface area contributed by atoms with Gasteiger partial charge in [0.25, 0.3) is 0 Å². The van der Waals surface area contributed by atoms with E-state index >= 15 is 0 Å². The van der Waals surface area contributed by atoms with Crippen LogP contribution in [-0.2, 0) is 14.2 Å². The second kappa shape index (κ2) is 7.91. The lowest BCUT2D eigenvalue weighted by Gasteiger charge is -2.24. The van der Waals surface area contributed by atoms with Crippen LogP contribution in [0.15, 0.2) is 0 Å². The second-order valence-corrected chi connectivity index (χ2v) is 3.46. The summed E-state index contributed by atoms with van der Waals surface area (Å²) in [7, 11) is 0. The molecule has 0 bridgehead atoms. The lowest BCUT2D eigenvalue weighted by atomic mass is 10.3. The van der Waals surface area contributed by atoms with Gasteiger partial charge >= 0.3 is 12.4 Å². The van der Waals surface area contributed by atoms with Gasteiger partial charge in [0.2, 0.25) is 6.10 Å². The molecule has 0 N–H and O–H groups in total. The van der Waals surface area contributed by atoms with Crippen LogP contribution in [0.3, 0.4) is 0 Å². The van der Waals surface area contributed by atoms with Gasteiger partial charge in [-0.25, -0.2) is 0 Å². The highest BCUT2D eigenvalue weighted by molar-refractivity contribution is 4.75. The van der Waals surface area contributed by atoms with E-state index in [9.17, 15) is 26.3 Å². The van der Waals surface area contributed by atoms with Crippen LogP contribution in [0.2, 0.25) is 0 Å². The molecule has 0 spiro atoms. The molecule has 0 heterocycles. The van der Waals surface area contributed by atoms with Crippen molar-refractivity contribution in [2.45, 2.75) is 45.0 Å². The first-order chi connectivity index (χ1) is 8.62. The van der Waals surface area contributed by atoms with Crippen molar-refractivity contribution in [3.05, 3.63) is 0 Å². The Hall–Kier alpha value is -0.540. The van der Waals surface area contributed by atoms with E-state index in [1.165, 1.54) is 0 Å². The Morgan fingerprint density at radius 2 is 1.21 bits per heavy atom. The van der Waals surface area contributed by atoms with Gasteiger partial charge in [0.1, 0.15) is 0 Å². The van der Waals surface area contributed by atoms with Crippen molar-refractivity contribution in [2.75, 3.05) is 19.8 Å². The zero-order valence-electron chi connectivity index (χ0n) is 10.5. The van der Waals surface area contributed by atoms with Crippen LogP contribution in [-0.4, -0.2) is 44.6 Å². The Morgan fingerprint density at radius 3 is 1.53 bits per heavy atom. The molecule has 0 atom stereocenters. The number of alkyl halides is 6. The summed E-state index contributed by atoms with van der Waals surface area (Å²) < 4.78 is 86.6. The van der Waals surface area contributed by atoms with Crippen LogP contribution in [0.4, 0.5) is 26.3 Å². The molecular weight excluding hydrogens is 282 g/mol. The Labute approximate surface area is 106 Å². The van der Waals surface area contributed by atoms with E-state index in [0.29, 0.717) is 0 Å². The van der Waals surface area contributed by atoms with Gasteiger partial charge < -0.3 is 14.2 Å². The SMILES string of the molecule is CCOC(CCOC(C(F)(F)F)C(F)(F)F)OCC. The molecule has 9 heteroatoms. The largest absolute Gasteiger partial charge is 0.423 e. The monoisotopic (exact) mass is 298 g/mol. The smallest absolute Gasteiger partial charge is 0.361 e. The number of hydrogen-bond acceptors (Lipinski definition) is 3. The van der Waals surface area contributed by atoms with Crippen molar-refractivity contribution in [3.8, 4) is 0 Å². The maximum atomic E-state index is 12.1. The summed E-state index contributed by atoms with van der Waals surface area (Å²) >= 11 is 0. The van der Waals surface area contributed by atoms with E-state index in [-0.39, 0.29) is 19.6 Å². The topological polar surface area (TPSA) is 27.7 Å². The summed E-state index contributed by atoms with van der Waals surface area (Å²) in [6.07, 6.45) is -15.9. The van der Waals surface area contributed by atoms with Crippen LogP contribution >= 0.6 is 0 Å². The molecular formula is C10H16F6O3. The summed E-state index contributed by atoms with van der Waals surface area (Å²) in [6.45, 7) is 2.94. The highest BCUT2D eigenvalue weighted by Gasteiger charge is 2.57. The molecule has 0 aliphatic rings. The molecule has 0 aromatic carbocycles. The third-order valence-electron chi connectivity index (χ3n) is 1.94. The Bertz CT molecular complexity index is 220. The van der Waals surface area contributed by atoms with E-state index in [4.69, 9.17) is 9.47 Å². The van der Waals surface area contributed by atoms with Gasteiger partial charge in [-0.1, -0.05) is 0 Å². The van der Waals surface area contributed by atoms with Crippen molar-refractivity contribution in [2.24, 2.45) is 0 Å². The number of rotatable bonds is 8. The first kappa shape index (κ1) is 18.5. The second-order valence-electron chi connectivity index (χ2n) is 3.46. The van der Waals surface area contributed by atoms with Gasteiger partial charge in [0.05, 0.1) is 6.61 Å². The van der Waals surface area contributed by atoms with E-state index in [1.54, 1.807) is 13.8 Å². The molecule has 0 unspecified atom stereocenters. The van der Waals surface area contributed by atoms with E-state index in [1.807, 2.05) is 0 Å². The Morgan fingerprint density at radius 1 is 0.789 bits per heavy atom. The third-order valence-corrected chi connectivity index (χ3v) is 1.94. The van der Waals surface area contributed by atoms with E-state index in [2.05, 4.69) is 4.74 Å². The normalized spacial score (nSPS) is 13.6. The van der Waals surface area contributed by atoms with Crippen LogP contribution in [0.5, 0.6) is 0 Å². The van der Waals surface area contributed by atoms with Gasteiger partial charge in [-0.3, -0.25) is 0 Å². The quantitative estimate of drug-likeness (QED) is 0.508. The summed E-state index contributed by atoms with van der Waals surface area (Å²) in [5.41, 5.74) is 0. The minimum atomic E-state index is -5.50. The molecule has 0 radical (unpaired) electrons. The number of halogens is 6. The fourth-order valence-corrected chi connectivity index (χ4v) is 1.24. The average molecular weight is 298 g/mol. The highest BCUT2D eigenvalue weighted by atomic mass is 19.4. The van der Waals surface area contributed by atoms with Gasteiger partial charge in [0, 0.05) is 19.6 Å². The zero-order chi connectivity index (χ0) is 15.1. The number of hydrogen-bond donors (Lipinski definition) is 0. The van der Waals surface area contributed by atoms with Gasteiger partial charge in [0.15, 0.2) is 6.29 Å². The zero-order valence-corrected chi connectivity index (χ0v) is 10.5. The summed E-state index contributed by atoms with van der Waals surface area (Å²) in [5, 5.41) is 0. The lowest BCUT2D eigenvalue weighted by molar-refractivity contribution is -0.323. The Balaban J connectivity index is 4.33. The van der Waals surface area contributed by atoms with Gasteiger partial charge in [-0.15, -0.1) is 0 Å². The fraction of sp³-hybridized carbons (Fsp3) is 1.00. The molecule has 0 rings (SSSR count). The minimum Gasteiger partial charge on any atom is -0.361 e. The first-order valence-electron chi connectivity index (χ1n) is 5.61. The molecule has 0 saturated heterocycles. The van der Waals surface area contributed by atoms with E-state index in [0.717, 1.165) is 0 Å². The van der Waals surface area contributed by atoms with Crippen LogP contribution in [0, 0.1) is 0 Å². The molecule has 19 heavy (non-hydrogen) atoms. The van der Waals surface area contributed by atoms with Crippen molar-refractivity contribution < 1.29 is 40.6 Å². The van der Waals surface area contributed by atoms with Crippen molar-refractivity contribution in [1.82, 2.24) is 0 Å². The van der Waals surface area contributed by atoms with Gasteiger partial charge in [-0.2, -0.15) is 26.3 Å². The molecule has 0 aromatic rings. The maximum absolute atomic E-state index is 12.1. The van der Waals surface area contributed by atoms with Crippen molar-refractivity contribution >= 4 is 0 Å². The van der Waals surface area contributed by atoms with Crippen LogP contribution < -0.4 is 0 Å². The van der Waals surface area contributed by atoms with Crippen molar-refractivity contribution in [3.63, 3.8) is 0 Å². The number of ether oxygens (including phenoxy) is 3. The summed E-state index contributed by atoms with van der Waals surface area (Å²) in [6, 6.07) is 0. The first-order valence-corrected chi connectivity index (χ1v) is 5.61. The predicted octanol–water partition coefficient (Wildman–Crippen LogP) is 3.29. The summed E-state index contributed by atoms with van der Waals surface area (Å²) in [5.74, 6) is 0. The average Bonchev–Trinajstić information content (AvgIpc) is 2.21. The Kier molecular flexibility index (Phi) is 7.68. The van der Waals surface area contributed by atoms with Gasteiger partial charge in [-0.05, 0) is 13.8 Å². The standard InChI is InChI=1S/C10H16F6O3/c1-3-17-7(18-4-2)5-6-19-8(9(11,12)13)10(14,15)16/h7-8H,3-6H2,1-2H3. The molecule has 0 fully saturated rings. The predicted molar refractivity (Wildman–Crippen MR) is 53.5 cm³/mol. The molecule has 0 aliphatic carbocycles. The van der Waals surface area contributed by atoms with Crippen LogP contribution in [0.1, 0.15) is 20.3 Å². The van der Waals surface area contributed by atoms with E-state index < -0.39 is 31.4 Å². The molecule has 3 nitrogen and oxygen atoms in total. The molecule has 0 saturated carbocycles.